The van der Waals surface area contributed by atoms with E-state index in [9.17, 15) is 0 Å². The normalized spacial score (nSPS) is 11.7. The minimum absolute atomic E-state index is 0.656. The van der Waals surface area contributed by atoms with Crippen molar-refractivity contribution in [2.24, 2.45) is 0 Å². The summed E-state index contributed by atoms with van der Waals surface area (Å²) in [7, 11) is 0. The van der Waals surface area contributed by atoms with E-state index in [1.165, 1.54) is 42.1 Å². The highest BCUT2D eigenvalue weighted by Crippen LogP contribution is 2.41. The van der Waals surface area contributed by atoms with Crippen molar-refractivity contribution in [1.82, 2.24) is 15.0 Å². The highest BCUT2D eigenvalue weighted by atomic mass is 32.1. The molecule has 2 heterocycles. The minimum atomic E-state index is 0.656. The van der Waals surface area contributed by atoms with Gasteiger partial charge in [0.05, 0.1) is 0 Å². The van der Waals surface area contributed by atoms with Crippen LogP contribution < -0.4 is 0 Å². The standard InChI is InChI=1S/C45H27N3S/c1-2-12-29(13-3-1)43-46-44(37-20-10-16-28-11-6-7-17-33(28)37)48-45(47-43)38-23-22-34(35-18-8-9-19-36(35)38)32-21-24-41-39(26-32)40-25-30-14-4-5-15-31(30)27-42(40)49-41/h1-27H. The molecule has 0 aliphatic heterocycles. The van der Waals surface area contributed by atoms with Gasteiger partial charge in [-0.2, -0.15) is 0 Å². The summed E-state index contributed by atoms with van der Waals surface area (Å²) < 4.78 is 2.62. The molecule has 228 valence electrons. The maximum Gasteiger partial charge on any atom is 0.164 e. The maximum absolute atomic E-state index is 5.17. The summed E-state index contributed by atoms with van der Waals surface area (Å²) in [6, 6.07) is 58.1. The van der Waals surface area contributed by atoms with Gasteiger partial charge in [-0.05, 0) is 73.8 Å². The molecule has 0 radical (unpaired) electrons. The summed E-state index contributed by atoms with van der Waals surface area (Å²) in [6.07, 6.45) is 0. The van der Waals surface area contributed by atoms with E-state index in [1.54, 1.807) is 0 Å². The van der Waals surface area contributed by atoms with Gasteiger partial charge in [-0.1, -0.05) is 133 Å². The molecule has 10 rings (SSSR count). The number of rotatable bonds is 4. The van der Waals surface area contributed by atoms with Gasteiger partial charge in [0, 0.05) is 36.9 Å². The summed E-state index contributed by atoms with van der Waals surface area (Å²) in [6.45, 7) is 0. The Balaban J connectivity index is 1.17. The highest BCUT2D eigenvalue weighted by molar-refractivity contribution is 7.25. The second-order valence-corrected chi connectivity index (χ2v) is 13.5. The molecule has 0 aliphatic rings. The molecular formula is C45H27N3S. The molecule has 0 aliphatic carbocycles. The second kappa shape index (κ2) is 11.2. The van der Waals surface area contributed by atoms with Crippen LogP contribution in [0.1, 0.15) is 0 Å². The third-order valence-corrected chi connectivity index (χ3v) is 10.6. The Labute approximate surface area is 286 Å². The van der Waals surface area contributed by atoms with Crippen LogP contribution in [0.25, 0.3) is 97.8 Å². The van der Waals surface area contributed by atoms with Crippen molar-refractivity contribution in [2.45, 2.75) is 0 Å². The molecule has 0 saturated carbocycles. The molecular weight excluding hydrogens is 615 g/mol. The van der Waals surface area contributed by atoms with Crippen LogP contribution in [0.3, 0.4) is 0 Å². The summed E-state index contributed by atoms with van der Waals surface area (Å²) >= 11 is 1.86. The van der Waals surface area contributed by atoms with Crippen molar-refractivity contribution in [1.29, 1.82) is 0 Å². The van der Waals surface area contributed by atoms with Gasteiger partial charge in [0.15, 0.2) is 17.5 Å². The summed E-state index contributed by atoms with van der Waals surface area (Å²) in [5.41, 5.74) is 5.31. The zero-order valence-corrected chi connectivity index (χ0v) is 27.2. The fourth-order valence-corrected chi connectivity index (χ4v) is 8.25. The topological polar surface area (TPSA) is 38.7 Å². The first-order valence-corrected chi connectivity index (χ1v) is 17.3. The van der Waals surface area contributed by atoms with Gasteiger partial charge in [0.2, 0.25) is 0 Å². The van der Waals surface area contributed by atoms with Crippen LogP contribution in [-0.2, 0) is 0 Å². The average molecular weight is 642 g/mol. The molecule has 4 heteroatoms. The van der Waals surface area contributed by atoms with E-state index in [-0.39, 0.29) is 0 Å². The van der Waals surface area contributed by atoms with E-state index in [0.29, 0.717) is 17.5 Å². The van der Waals surface area contributed by atoms with Crippen molar-refractivity contribution in [3.63, 3.8) is 0 Å². The first kappa shape index (κ1) is 27.8. The fourth-order valence-electron chi connectivity index (χ4n) is 7.13. The van der Waals surface area contributed by atoms with Crippen molar-refractivity contribution in [3.05, 3.63) is 164 Å². The average Bonchev–Trinajstić information content (AvgIpc) is 3.53. The number of hydrogen-bond donors (Lipinski definition) is 0. The van der Waals surface area contributed by atoms with Crippen molar-refractivity contribution < 1.29 is 0 Å². The van der Waals surface area contributed by atoms with E-state index >= 15 is 0 Å². The van der Waals surface area contributed by atoms with Gasteiger partial charge in [-0.15, -0.1) is 11.3 Å². The van der Waals surface area contributed by atoms with E-state index in [2.05, 4.69) is 146 Å². The SMILES string of the molecule is c1ccc(-c2nc(-c3cccc4ccccc34)nc(-c3ccc(-c4ccc5sc6cc7ccccc7cc6c5c4)c4ccccc34)n2)cc1. The maximum atomic E-state index is 5.17. The van der Waals surface area contributed by atoms with E-state index in [4.69, 9.17) is 15.0 Å². The lowest BCUT2D eigenvalue weighted by Crippen LogP contribution is -2.01. The number of benzene rings is 8. The molecule has 10 aromatic rings. The zero-order chi connectivity index (χ0) is 32.3. The molecule has 0 spiro atoms. The molecule has 0 fully saturated rings. The Morgan fingerprint density at radius 2 is 0.878 bits per heavy atom. The van der Waals surface area contributed by atoms with Gasteiger partial charge in [0.1, 0.15) is 0 Å². The van der Waals surface area contributed by atoms with E-state index in [0.717, 1.165) is 38.2 Å². The quantitative estimate of drug-likeness (QED) is 0.192. The monoisotopic (exact) mass is 641 g/mol. The van der Waals surface area contributed by atoms with Gasteiger partial charge in [-0.3, -0.25) is 0 Å². The highest BCUT2D eigenvalue weighted by Gasteiger charge is 2.18. The molecule has 8 aromatic carbocycles. The van der Waals surface area contributed by atoms with Crippen LogP contribution in [0.15, 0.2) is 164 Å². The number of hydrogen-bond acceptors (Lipinski definition) is 4. The van der Waals surface area contributed by atoms with Gasteiger partial charge in [-0.25, -0.2) is 15.0 Å². The van der Waals surface area contributed by atoms with Crippen LogP contribution in [0.4, 0.5) is 0 Å². The largest absolute Gasteiger partial charge is 0.208 e. The zero-order valence-electron chi connectivity index (χ0n) is 26.3. The lowest BCUT2D eigenvalue weighted by molar-refractivity contribution is 1.08. The molecule has 0 bridgehead atoms. The molecule has 0 saturated heterocycles. The molecule has 3 nitrogen and oxygen atoms in total. The van der Waals surface area contributed by atoms with Crippen molar-refractivity contribution >= 4 is 63.8 Å². The number of nitrogens with zero attached hydrogens (tertiary/aromatic N) is 3. The third-order valence-electron chi connectivity index (χ3n) is 9.51. The molecule has 2 aromatic heterocycles. The Bertz CT molecular complexity index is 2890. The molecule has 0 N–H and O–H groups in total. The van der Waals surface area contributed by atoms with Gasteiger partial charge in [0.25, 0.3) is 0 Å². The Kier molecular flexibility index (Phi) is 6.36. The number of aromatic nitrogens is 3. The first-order chi connectivity index (χ1) is 24.3. The minimum Gasteiger partial charge on any atom is -0.208 e. The van der Waals surface area contributed by atoms with E-state index < -0.39 is 0 Å². The van der Waals surface area contributed by atoms with Crippen LogP contribution in [0.5, 0.6) is 0 Å². The first-order valence-electron chi connectivity index (χ1n) is 16.4. The Hall–Kier alpha value is -6.23. The van der Waals surface area contributed by atoms with Crippen LogP contribution >= 0.6 is 11.3 Å². The fraction of sp³-hybridized carbons (Fsp3) is 0. The molecule has 0 amide bonds. The summed E-state index contributed by atoms with van der Waals surface area (Å²) in [5, 5.41) is 9.69. The second-order valence-electron chi connectivity index (χ2n) is 12.4. The third kappa shape index (κ3) is 4.68. The molecule has 0 atom stereocenters. The lowest BCUT2D eigenvalue weighted by Gasteiger charge is -2.14. The van der Waals surface area contributed by atoms with Gasteiger partial charge < -0.3 is 0 Å². The lowest BCUT2D eigenvalue weighted by atomic mass is 9.93. The predicted octanol–water partition coefficient (Wildman–Crippen LogP) is 12.4. The summed E-state index contributed by atoms with van der Waals surface area (Å²) in [5.74, 6) is 1.98. The van der Waals surface area contributed by atoms with Crippen molar-refractivity contribution in [3.8, 4) is 45.3 Å². The molecule has 49 heavy (non-hydrogen) atoms. The van der Waals surface area contributed by atoms with E-state index in [1.807, 2.05) is 29.5 Å². The molecule has 0 unspecified atom stereocenters. The van der Waals surface area contributed by atoms with Crippen molar-refractivity contribution in [2.75, 3.05) is 0 Å². The van der Waals surface area contributed by atoms with Crippen LogP contribution in [0.2, 0.25) is 0 Å². The number of thiophene rings is 1. The van der Waals surface area contributed by atoms with Gasteiger partial charge >= 0.3 is 0 Å². The smallest absolute Gasteiger partial charge is 0.164 e. The van der Waals surface area contributed by atoms with Crippen LogP contribution in [-0.4, -0.2) is 15.0 Å². The number of fused-ring (bicyclic) bond motifs is 6. The predicted molar refractivity (Wildman–Crippen MR) is 207 cm³/mol. The Morgan fingerprint density at radius 1 is 0.306 bits per heavy atom. The Morgan fingerprint density at radius 3 is 1.67 bits per heavy atom. The summed E-state index contributed by atoms with van der Waals surface area (Å²) in [4.78, 5) is 15.3. The van der Waals surface area contributed by atoms with Crippen LogP contribution in [0, 0.1) is 0 Å².